The minimum Gasteiger partial charge on any atom is -0.381 e. The molecule has 2 N–H and O–H groups in total. The second kappa shape index (κ2) is 13.7. The van der Waals surface area contributed by atoms with Gasteiger partial charge in [-0.3, -0.25) is 9.89 Å². The number of rotatable bonds is 10. The van der Waals surface area contributed by atoms with Gasteiger partial charge in [-0.25, -0.2) is 0 Å². The number of halogens is 1. The van der Waals surface area contributed by atoms with Crippen LogP contribution in [0.3, 0.4) is 0 Å². The lowest BCUT2D eigenvalue weighted by Crippen LogP contribution is -2.47. The molecule has 2 rings (SSSR count). The van der Waals surface area contributed by atoms with Gasteiger partial charge in [-0.2, -0.15) is 0 Å². The molecule has 0 bridgehead atoms. The quantitative estimate of drug-likeness (QED) is 0.226. The molecule has 0 amide bonds. The summed E-state index contributed by atoms with van der Waals surface area (Å²) in [5.74, 6) is 0.883. The van der Waals surface area contributed by atoms with Crippen LogP contribution >= 0.6 is 35.3 Å². The lowest BCUT2D eigenvalue weighted by molar-refractivity contribution is 0.129. The molecule has 1 unspecified atom stereocenters. The topological polar surface area (TPSA) is 48.9 Å². The van der Waals surface area contributed by atoms with Gasteiger partial charge in [0.25, 0.3) is 0 Å². The van der Waals surface area contributed by atoms with Crippen molar-refractivity contribution in [3.8, 4) is 0 Å². The molecule has 1 aromatic heterocycles. The first-order chi connectivity index (χ1) is 12.2. The van der Waals surface area contributed by atoms with Crippen LogP contribution < -0.4 is 10.6 Å². The Balaban J connectivity index is 0.00000338. The minimum atomic E-state index is 0. The van der Waals surface area contributed by atoms with Gasteiger partial charge in [0.2, 0.25) is 0 Å². The Morgan fingerprint density at radius 1 is 1.35 bits per heavy atom. The Labute approximate surface area is 180 Å². The molecule has 1 aliphatic rings. The van der Waals surface area contributed by atoms with Crippen LogP contribution in [0.2, 0.25) is 0 Å². The molecule has 1 atom stereocenters. The summed E-state index contributed by atoms with van der Waals surface area (Å²) in [6.07, 6.45) is 4.53. The van der Waals surface area contributed by atoms with Gasteiger partial charge in [-0.15, -0.1) is 35.3 Å². The molecule has 0 radical (unpaired) electrons. The molecule has 0 aromatic carbocycles. The summed E-state index contributed by atoms with van der Waals surface area (Å²) in [4.78, 5) is 8.43. The van der Waals surface area contributed by atoms with E-state index < -0.39 is 0 Å². The summed E-state index contributed by atoms with van der Waals surface area (Å²) >= 11 is 1.90. The number of nitrogens with zero attached hydrogens (tertiary/aromatic N) is 2. The number of aliphatic imine (C=N–C) groups is 1. The van der Waals surface area contributed by atoms with Crippen molar-refractivity contribution in [3.63, 3.8) is 0 Å². The predicted octanol–water partition coefficient (Wildman–Crippen LogP) is 3.48. The normalized spacial score (nSPS) is 15.9. The lowest BCUT2D eigenvalue weighted by Gasteiger charge is -2.32. The molecular weight excluding hydrogens is 459 g/mol. The molecule has 2 heterocycles. The highest BCUT2D eigenvalue weighted by Crippen LogP contribution is 2.24. The second-order valence-electron chi connectivity index (χ2n) is 6.64. The monoisotopic (exact) mass is 494 g/mol. The summed E-state index contributed by atoms with van der Waals surface area (Å²) < 4.78 is 5.58. The van der Waals surface area contributed by atoms with Crippen molar-refractivity contribution < 1.29 is 4.74 Å². The van der Waals surface area contributed by atoms with Crippen LogP contribution in [0.25, 0.3) is 0 Å². The molecule has 1 aliphatic heterocycles. The first-order valence-corrected chi connectivity index (χ1v) is 10.4. The molecule has 0 spiro atoms. The van der Waals surface area contributed by atoms with Crippen LogP contribution in [0.4, 0.5) is 0 Å². The fourth-order valence-electron chi connectivity index (χ4n) is 2.97. The number of thiophene rings is 1. The van der Waals surface area contributed by atoms with E-state index in [2.05, 4.69) is 45.8 Å². The van der Waals surface area contributed by atoms with E-state index in [9.17, 15) is 0 Å². The highest BCUT2D eigenvalue weighted by atomic mass is 127. The van der Waals surface area contributed by atoms with E-state index in [1.165, 1.54) is 18.4 Å². The number of hydrogen-bond acceptors (Lipinski definition) is 4. The van der Waals surface area contributed by atoms with Gasteiger partial charge in [0.15, 0.2) is 5.96 Å². The Hall–Kier alpha value is -0.380. The summed E-state index contributed by atoms with van der Waals surface area (Å²) in [6.45, 7) is 10.2. The van der Waals surface area contributed by atoms with Gasteiger partial charge in [0, 0.05) is 57.4 Å². The minimum absolute atomic E-state index is 0. The van der Waals surface area contributed by atoms with E-state index in [4.69, 9.17) is 4.74 Å². The molecule has 0 saturated heterocycles. The first kappa shape index (κ1) is 23.7. The van der Waals surface area contributed by atoms with Crippen molar-refractivity contribution >= 4 is 41.3 Å². The average molecular weight is 494 g/mol. The predicted molar refractivity (Wildman–Crippen MR) is 123 cm³/mol. The smallest absolute Gasteiger partial charge is 0.191 e. The fraction of sp³-hybridized carbons (Fsp3) is 0.737. The number of unbranched alkanes of at least 4 members (excludes halogenated alkanes) is 1. The SMILES string of the molecule is CCCCOCCCNC(=NC)NCC(C)N1CCc2sccc2C1.I. The third-order valence-corrected chi connectivity index (χ3v) is 5.67. The molecule has 0 saturated carbocycles. The molecule has 0 aliphatic carbocycles. The number of hydrogen-bond donors (Lipinski definition) is 2. The third kappa shape index (κ3) is 8.10. The van der Waals surface area contributed by atoms with Crippen LogP contribution in [-0.2, 0) is 17.7 Å². The number of nitrogens with one attached hydrogen (secondary N) is 2. The molecule has 1 aromatic rings. The average Bonchev–Trinajstić information content (AvgIpc) is 3.10. The Morgan fingerprint density at radius 3 is 2.92 bits per heavy atom. The van der Waals surface area contributed by atoms with Gasteiger partial charge in [0.05, 0.1) is 0 Å². The van der Waals surface area contributed by atoms with E-state index in [1.807, 2.05) is 18.4 Å². The van der Waals surface area contributed by atoms with Crippen LogP contribution in [0.15, 0.2) is 16.4 Å². The van der Waals surface area contributed by atoms with E-state index >= 15 is 0 Å². The lowest BCUT2D eigenvalue weighted by atomic mass is 10.1. The van der Waals surface area contributed by atoms with Crippen molar-refractivity contribution in [2.24, 2.45) is 4.99 Å². The van der Waals surface area contributed by atoms with Crippen LogP contribution in [0, 0.1) is 0 Å². The van der Waals surface area contributed by atoms with Crippen molar-refractivity contribution in [2.45, 2.75) is 52.1 Å². The van der Waals surface area contributed by atoms with Crippen molar-refractivity contribution in [2.75, 3.05) is 39.9 Å². The van der Waals surface area contributed by atoms with Gasteiger partial charge < -0.3 is 15.4 Å². The van der Waals surface area contributed by atoms with Crippen molar-refractivity contribution in [1.29, 1.82) is 0 Å². The third-order valence-electron chi connectivity index (χ3n) is 4.65. The highest BCUT2D eigenvalue weighted by Gasteiger charge is 2.21. The van der Waals surface area contributed by atoms with Gasteiger partial charge >= 0.3 is 0 Å². The van der Waals surface area contributed by atoms with Crippen LogP contribution in [0.5, 0.6) is 0 Å². The Kier molecular flexibility index (Phi) is 12.5. The fourth-order valence-corrected chi connectivity index (χ4v) is 3.86. The zero-order valence-electron chi connectivity index (χ0n) is 16.4. The molecule has 7 heteroatoms. The standard InChI is InChI=1S/C19H34N4OS.HI/c1-4-5-11-24-12-6-9-21-19(20-3)22-14-16(2)23-10-7-18-17(15-23)8-13-25-18;/h8,13,16H,4-7,9-12,14-15H2,1-3H3,(H2,20,21,22);1H. The number of fused-ring (bicyclic) bond motifs is 1. The van der Waals surface area contributed by atoms with Crippen LogP contribution in [-0.4, -0.2) is 56.8 Å². The largest absolute Gasteiger partial charge is 0.381 e. The van der Waals surface area contributed by atoms with E-state index in [0.717, 1.165) is 58.2 Å². The summed E-state index contributed by atoms with van der Waals surface area (Å²) in [6, 6.07) is 2.76. The second-order valence-corrected chi connectivity index (χ2v) is 7.64. The molecule has 5 nitrogen and oxygen atoms in total. The van der Waals surface area contributed by atoms with E-state index in [1.54, 1.807) is 4.88 Å². The van der Waals surface area contributed by atoms with E-state index in [0.29, 0.717) is 6.04 Å². The Bertz CT molecular complexity index is 523. The zero-order chi connectivity index (χ0) is 17.9. The zero-order valence-corrected chi connectivity index (χ0v) is 19.6. The summed E-state index contributed by atoms with van der Waals surface area (Å²) in [5, 5.41) is 9.04. The van der Waals surface area contributed by atoms with Crippen LogP contribution in [0.1, 0.15) is 43.6 Å². The first-order valence-electron chi connectivity index (χ1n) is 9.56. The van der Waals surface area contributed by atoms with Gasteiger partial charge in [0.1, 0.15) is 0 Å². The van der Waals surface area contributed by atoms with Crippen molar-refractivity contribution in [1.82, 2.24) is 15.5 Å². The maximum atomic E-state index is 5.58. The molecule has 26 heavy (non-hydrogen) atoms. The summed E-state index contributed by atoms with van der Waals surface area (Å²) in [5.41, 5.74) is 1.51. The number of ether oxygens (including phenoxy) is 1. The van der Waals surface area contributed by atoms with E-state index in [-0.39, 0.29) is 24.0 Å². The van der Waals surface area contributed by atoms with Gasteiger partial charge in [-0.1, -0.05) is 13.3 Å². The maximum absolute atomic E-state index is 5.58. The number of guanidine groups is 1. The summed E-state index contributed by atoms with van der Waals surface area (Å²) in [7, 11) is 1.83. The highest BCUT2D eigenvalue weighted by molar-refractivity contribution is 14.0. The van der Waals surface area contributed by atoms with Gasteiger partial charge in [-0.05, 0) is 43.2 Å². The molecule has 0 fully saturated rings. The molecular formula is C19H35IN4OS. The Morgan fingerprint density at radius 2 is 2.15 bits per heavy atom. The molecule has 150 valence electrons. The maximum Gasteiger partial charge on any atom is 0.191 e. The van der Waals surface area contributed by atoms with Crippen molar-refractivity contribution in [3.05, 3.63) is 21.9 Å².